The van der Waals surface area contributed by atoms with E-state index in [9.17, 15) is 0 Å². The minimum Gasteiger partial charge on any atom is -0.368 e. The van der Waals surface area contributed by atoms with E-state index in [1.54, 1.807) is 6.33 Å². The molecular weight excluding hydrogens is 316 g/mol. The largest absolute Gasteiger partial charge is 0.368 e. The van der Waals surface area contributed by atoms with Gasteiger partial charge in [0.25, 0.3) is 0 Å². The number of hydrogen-bond acceptors (Lipinski definition) is 6. The lowest BCUT2D eigenvalue weighted by atomic mass is 10.3. The highest BCUT2D eigenvalue weighted by atomic mass is 35.5. The molecule has 7 nitrogen and oxygen atoms in total. The van der Waals surface area contributed by atoms with Gasteiger partial charge in [-0.2, -0.15) is 9.97 Å². The second kappa shape index (κ2) is 5.68. The number of nitrogens with zero attached hydrogens (tertiary/aromatic N) is 4. The molecule has 1 aliphatic rings. The van der Waals surface area contributed by atoms with Gasteiger partial charge in [0.1, 0.15) is 6.23 Å². The molecular formula is C15H15ClN6O. The molecule has 1 fully saturated rings. The highest BCUT2D eigenvalue weighted by molar-refractivity contribution is 6.30. The van der Waals surface area contributed by atoms with E-state index >= 15 is 0 Å². The van der Waals surface area contributed by atoms with Gasteiger partial charge in [-0.15, -0.1) is 0 Å². The molecule has 1 aliphatic heterocycles. The molecule has 3 N–H and O–H groups in total. The maximum atomic E-state index is 6.02. The quantitative estimate of drug-likeness (QED) is 0.766. The van der Waals surface area contributed by atoms with Gasteiger partial charge in [0.15, 0.2) is 17.0 Å². The van der Waals surface area contributed by atoms with Crippen molar-refractivity contribution < 1.29 is 4.74 Å². The van der Waals surface area contributed by atoms with Crippen LogP contribution in [-0.2, 0) is 4.74 Å². The molecule has 3 heterocycles. The lowest BCUT2D eigenvalue weighted by molar-refractivity contribution is 0.0593. The van der Waals surface area contributed by atoms with Gasteiger partial charge in [-0.3, -0.25) is 4.57 Å². The number of hydrogen-bond donors (Lipinski definition) is 2. The zero-order valence-electron chi connectivity index (χ0n) is 12.2. The van der Waals surface area contributed by atoms with Crippen molar-refractivity contribution in [3.8, 4) is 0 Å². The number of nitrogen functional groups attached to an aromatic ring is 1. The van der Waals surface area contributed by atoms with Gasteiger partial charge in [0.2, 0.25) is 5.95 Å². The smallest absolute Gasteiger partial charge is 0.224 e. The van der Waals surface area contributed by atoms with E-state index in [4.69, 9.17) is 22.1 Å². The van der Waals surface area contributed by atoms with Crippen LogP contribution in [0.2, 0.25) is 5.02 Å². The fourth-order valence-corrected chi connectivity index (χ4v) is 2.90. The molecule has 0 aliphatic carbocycles. The summed E-state index contributed by atoms with van der Waals surface area (Å²) in [5, 5.41) is 3.84. The fourth-order valence-electron chi connectivity index (χ4n) is 2.71. The Morgan fingerprint density at radius 3 is 3.04 bits per heavy atom. The van der Waals surface area contributed by atoms with Crippen molar-refractivity contribution in [1.29, 1.82) is 0 Å². The number of anilines is 3. The Balaban J connectivity index is 1.77. The first-order valence-corrected chi connectivity index (χ1v) is 7.73. The van der Waals surface area contributed by atoms with Crippen LogP contribution in [0.1, 0.15) is 19.1 Å². The third-order valence-electron chi connectivity index (χ3n) is 3.74. The van der Waals surface area contributed by atoms with Crippen LogP contribution in [0.4, 0.5) is 17.5 Å². The number of imidazole rings is 1. The Labute approximate surface area is 137 Å². The summed E-state index contributed by atoms with van der Waals surface area (Å²) in [6.45, 7) is 0.749. The van der Waals surface area contributed by atoms with Crippen molar-refractivity contribution in [1.82, 2.24) is 19.5 Å². The van der Waals surface area contributed by atoms with Crippen molar-refractivity contribution in [3.05, 3.63) is 35.6 Å². The van der Waals surface area contributed by atoms with Gasteiger partial charge in [-0.25, -0.2) is 4.98 Å². The number of nitrogens with one attached hydrogen (secondary N) is 1. The Morgan fingerprint density at radius 1 is 1.35 bits per heavy atom. The maximum absolute atomic E-state index is 6.02. The minimum absolute atomic E-state index is 0.0479. The third kappa shape index (κ3) is 2.69. The van der Waals surface area contributed by atoms with E-state index in [0.717, 1.165) is 25.1 Å². The van der Waals surface area contributed by atoms with E-state index in [1.807, 2.05) is 28.8 Å². The molecule has 3 aromatic rings. The first-order chi connectivity index (χ1) is 11.2. The molecule has 0 spiro atoms. The fraction of sp³-hybridized carbons (Fsp3) is 0.267. The number of benzene rings is 1. The van der Waals surface area contributed by atoms with E-state index in [0.29, 0.717) is 22.0 Å². The Bertz CT molecular complexity index is 858. The van der Waals surface area contributed by atoms with E-state index in [1.165, 1.54) is 0 Å². The highest BCUT2D eigenvalue weighted by Crippen LogP contribution is 2.30. The van der Waals surface area contributed by atoms with Crippen LogP contribution >= 0.6 is 11.6 Å². The van der Waals surface area contributed by atoms with E-state index < -0.39 is 0 Å². The predicted molar refractivity (Wildman–Crippen MR) is 88.7 cm³/mol. The summed E-state index contributed by atoms with van der Waals surface area (Å²) >= 11 is 6.02. The molecule has 23 heavy (non-hydrogen) atoms. The van der Waals surface area contributed by atoms with Crippen LogP contribution in [0, 0.1) is 0 Å². The maximum Gasteiger partial charge on any atom is 0.224 e. The molecule has 8 heteroatoms. The Kier molecular flexibility index (Phi) is 3.51. The molecule has 4 rings (SSSR count). The number of ether oxygens (including phenoxy) is 1. The summed E-state index contributed by atoms with van der Waals surface area (Å²) in [5.74, 6) is 0.730. The molecule has 2 aromatic heterocycles. The standard InChI is InChI=1S/C15H15ClN6O/c16-9-3-1-4-10(7-9)19-13-12-14(21-15(17)20-13)22(8-18-12)11-5-2-6-23-11/h1,3-4,7-8,11H,2,5-6H2,(H3,17,19,20,21). The number of halogens is 1. The third-order valence-corrected chi connectivity index (χ3v) is 3.98. The van der Waals surface area contributed by atoms with Gasteiger partial charge in [-0.1, -0.05) is 17.7 Å². The SMILES string of the molecule is Nc1nc(Nc2cccc(Cl)c2)c2ncn(C3CCCO3)c2n1. The van der Waals surface area contributed by atoms with Crippen LogP contribution < -0.4 is 11.1 Å². The zero-order valence-corrected chi connectivity index (χ0v) is 13.0. The number of nitrogens with two attached hydrogens (primary N) is 1. The molecule has 0 radical (unpaired) electrons. The van der Waals surface area contributed by atoms with Gasteiger partial charge in [0.05, 0.1) is 6.33 Å². The van der Waals surface area contributed by atoms with E-state index in [-0.39, 0.29) is 12.2 Å². The Hall–Kier alpha value is -2.38. The van der Waals surface area contributed by atoms with Gasteiger partial charge in [-0.05, 0) is 31.0 Å². The van der Waals surface area contributed by atoms with Crippen LogP contribution in [0.5, 0.6) is 0 Å². The number of fused-ring (bicyclic) bond motifs is 1. The monoisotopic (exact) mass is 330 g/mol. The summed E-state index contributed by atoms with van der Waals surface area (Å²) in [6.07, 6.45) is 3.64. The molecule has 0 amide bonds. The van der Waals surface area contributed by atoms with Gasteiger partial charge < -0.3 is 15.8 Å². The Morgan fingerprint density at radius 2 is 2.26 bits per heavy atom. The molecule has 0 saturated carbocycles. The average molecular weight is 331 g/mol. The molecule has 0 bridgehead atoms. The summed E-state index contributed by atoms with van der Waals surface area (Å²) in [5.41, 5.74) is 7.98. The molecule has 1 saturated heterocycles. The first-order valence-electron chi connectivity index (χ1n) is 7.35. The minimum atomic E-state index is -0.0479. The van der Waals surface area contributed by atoms with Crippen molar-refractivity contribution >= 4 is 40.2 Å². The van der Waals surface area contributed by atoms with Crippen molar-refractivity contribution in [2.75, 3.05) is 17.7 Å². The number of aromatic nitrogens is 4. The van der Waals surface area contributed by atoms with Gasteiger partial charge in [0, 0.05) is 17.3 Å². The summed E-state index contributed by atoms with van der Waals surface area (Å²) < 4.78 is 7.61. The molecule has 118 valence electrons. The second-order valence-corrected chi connectivity index (χ2v) is 5.79. The lowest BCUT2D eigenvalue weighted by Gasteiger charge is -2.12. The highest BCUT2D eigenvalue weighted by Gasteiger charge is 2.22. The predicted octanol–water partition coefficient (Wildman–Crippen LogP) is 3.11. The van der Waals surface area contributed by atoms with E-state index in [2.05, 4.69) is 20.3 Å². The summed E-state index contributed by atoms with van der Waals surface area (Å²) in [6, 6.07) is 7.37. The van der Waals surface area contributed by atoms with Crippen LogP contribution in [-0.4, -0.2) is 26.1 Å². The second-order valence-electron chi connectivity index (χ2n) is 5.36. The van der Waals surface area contributed by atoms with Crippen molar-refractivity contribution in [2.24, 2.45) is 0 Å². The van der Waals surface area contributed by atoms with Crippen molar-refractivity contribution in [3.63, 3.8) is 0 Å². The van der Waals surface area contributed by atoms with Crippen LogP contribution in [0.25, 0.3) is 11.2 Å². The first kappa shape index (κ1) is 14.2. The van der Waals surface area contributed by atoms with Crippen LogP contribution in [0.15, 0.2) is 30.6 Å². The normalized spacial score (nSPS) is 17.7. The zero-order chi connectivity index (χ0) is 15.8. The molecule has 1 atom stereocenters. The average Bonchev–Trinajstić information content (AvgIpc) is 3.15. The van der Waals surface area contributed by atoms with Gasteiger partial charge >= 0.3 is 0 Å². The molecule has 1 unspecified atom stereocenters. The van der Waals surface area contributed by atoms with Crippen LogP contribution in [0.3, 0.4) is 0 Å². The summed E-state index contributed by atoms with van der Waals surface area (Å²) in [7, 11) is 0. The summed E-state index contributed by atoms with van der Waals surface area (Å²) in [4.78, 5) is 13.0. The topological polar surface area (TPSA) is 90.9 Å². The number of rotatable bonds is 3. The molecule has 1 aromatic carbocycles. The van der Waals surface area contributed by atoms with Crippen molar-refractivity contribution in [2.45, 2.75) is 19.1 Å². The lowest BCUT2D eigenvalue weighted by Crippen LogP contribution is -2.08.